The Balaban J connectivity index is 2.42. The number of rotatable bonds is 0. The Kier molecular flexibility index (Phi) is 3.16. The summed E-state index contributed by atoms with van der Waals surface area (Å²) in [7, 11) is 0. The van der Waals surface area contributed by atoms with Crippen molar-refractivity contribution in [2.75, 3.05) is 5.73 Å². The molecular weight excluding hydrogens is 335 g/mol. The number of nitrogens with zero attached hydrogens (tertiary/aromatic N) is 1. The number of pyridine rings is 1. The molecule has 0 unspecified atom stereocenters. The van der Waals surface area contributed by atoms with E-state index in [4.69, 9.17) is 28.9 Å². The molecule has 1 aromatic heterocycles. The van der Waals surface area contributed by atoms with E-state index in [1.165, 1.54) is 12.0 Å². The topological polar surface area (TPSA) is 38.9 Å². The Morgan fingerprint density at radius 1 is 1.17 bits per heavy atom. The molecule has 2 N–H and O–H groups in total. The molecule has 0 saturated carbocycles. The normalized spacial score (nSPS) is 14.8. The lowest BCUT2D eigenvalue weighted by molar-refractivity contribution is 0.673. The number of nitrogen functional groups attached to an aromatic ring is 1. The van der Waals surface area contributed by atoms with Gasteiger partial charge in [0, 0.05) is 21.2 Å². The molecule has 0 bridgehead atoms. The third-order valence-corrected chi connectivity index (χ3v) is 5.15. The summed E-state index contributed by atoms with van der Waals surface area (Å²) in [6.07, 6.45) is 4.31. The predicted molar refractivity (Wildman–Crippen MR) is 80.5 cm³/mol. The van der Waals surface area contributed by atoms with Crippen molar-refractivity contribution < 1.29 is 0 Å². The summed E-state index contributed by atoms with van der Waals surface area (Å²) in [4.78, 5) is 4.66. The largest absolute Gasteiger partial charge is 0.398 e. The minimum absolute atomic E-state index is 0.473. The Bertz CT molecular complexity index is 655. The lowest BCUT2D eigenvalue weighted by Crippen LogP contribution is -2.09. The number of nitrogens with two attached hydrogens (primary N) is 1. The maximum atomic E-state index is 6.27. The van der Waals surface area contributed by atoms with Crippen LogP contribution >= 0.6 is 39.1 Å². The van der Waals surface area contributed by atoms with Crippen LogP contribution in [-0.2, 0) is 12.8 Å². The summed E-state index contributed by atoms with van der Waals surface area (Å²) in [6.45, 7) is 0. The van der Waals surface area contributed by atoms with Crippen molar-refractivity contribution in [3.05, 3.63) is 31.8 Å². The van der Waals surface area contributed by atoms with E-state index >= 15 is 0 Å². The SMILES string of the molecule is Nc1c2c(nc3c(Cl)c(Cl)c(Br)cc13)CCCC2. The van der Waals surface area contributed by atoms with Crippen molar-refractivity contribution in [2.45, 2.75) is 25.7 Å². The van der Waals surface area contributed by atoms with Crippen LogP contribution in [-0.4, -0.2) is 4.98 Å². The van der Waals surface area contributed by atoms with Crippen molar-refractivity contribution in [3.63, 3.8) is 0 Å². The molecule has 0 aliphatic heterocycles. The standard InChI is InChI=1S/C13H11BrCl2N2/c14-8-5-7-12(17)6-3-1-2-4-9(6)18-13(7)11(16)10(8)15/h5H,1-4H2,(H2,17,18). The lowest BCUT2D eigenvalue weighted by Gasteiger charge is -2.19. The molecule has 1 aliphatic carbocycles. The minimum atomic E-state index is 0.473. The van der Waals surface area contributed by atoms with Crippen molar-refractivity contribution >= 4 is 55.7 Å². The molecule has 3 rings (SSSR count). The molecule has 1 aliphatic rings. The molecule has 0 saturated heterocycles. The predicted octanol–water partition coefficient (Wildman–Crippen LogP) is 4.77. The Hall–Kier alpha value is -0.510. The second-order valence-electron chi connectivity index (χ2n) is 4.54. The van der Waals surface area contributed by atoms with Gasteiger partial charge in [-0.15, -0.1) is 0 Å². The first kappa shape index (κ1) is 12.5. The Morgan fingerprint density at radius 3 is 2.67 bits per heavy atom. The zero-order valence-electron chi connectivity index (χ0n) is 9.56. The molecular formula is C13H11BrCl2N2. The van der Waals surface area contributed by atoms with E-state index in [0.29, 0.717) is 15.6 Å². The van der Waals surface area contributed by atoms with E-state index in [1.807, 2.05) is 6.07 Å². The molecule has 0 radical (unpaired) electrons. The molecule has 94 valence electrons. The van der Waals surface area contributed by atoms with Gasteiger partial charge in [-0.25, -0.2) is 0 Å². The zero-order valence-corrected chi connectivity index (χ0v) is 12.7. The first-order chi connectivity index (χ1) is 8.59. The Morgan fingerprint density at radius 2 is 1.89 bits per heavy atom. The smallest absolute Gasteiger partial charge is 0.0928 e. The van der Waals surface area contributed by atoms with Crippen LogP contribution in [0.1, 0.15) is 24.1 Å². The maximum absolute atomic E-state index is 6.27. The number of aryl methyl sites for hydroxylation is 1. The summed E-state index contributed by atoms with van der Waals surface area (Å²) in [5.41, 5.74) is 10.0. The number of hydrogen-bond acceptors (Lipinski definition) is 2. The van der Waals surface area contributed by atoms with Crippen LogP contribution in [0.2, 0.25) is 10.0 Å². The first-order valence-corrected chi connectivity index (χ1v) is 7.39. The van der Waals surface area contributed by atoms with Gasteiger partial charge in [0.1, 0.15) is 0 Å². The number of fused-ring (bicyclic) bond motifs is 2. The van der Waals surface area contributed by atoms with Gasteiger partial charge < -0.3 is 5.73 Å². The number of aromatic nitrogens is 1. The van der Waals surface area contributed by atoms with Crippen molar-refractivity contribution in [3.8, 4) is 0 Å². The van der Waals surface area contributed by atoms with E-state index in [1.54, 1.807) is 0 Å². The van der Waals surface area contributed by atoms with Crippen LogP contribution < -0.4 is 5.73 Å². The Labute approximate surface area is 124 Å². The highest BCUT2D eigenvalue weighted by Gasteiger charge is 2.19. The van der Waals surface area contributed by atoms with Gasteiger partial charge in [0.05, 0.1) is 15.6 Å². The summed E-state index contributed by atoms with van der Waals surface area (Å²) in [5, 5.41) is 1.85. The number of anilines is 1. The summed E-state index contributed by atoms with van der Waals surface area (Å²) in [5.74, 6) is 0. The zero-order chi connectivity index (χ0) is 12.9. The van der Waals surface area contributed by atoms with E-state index in [2.05, 4.69) is 20.9 Å². The average molecular weight is 346 g/mol. The van der Waals surface area contributed by atoms with Crippen LogP contribution in [0.4, 0.5) is 5.69 Å². The highest BCUT2D eigenvalue weighted by atomic mass is 79.9. The molecule has 0 atom stereocenters. The molecule has 18 heavy (non-hydrogen) atoms. The van der Waals surface area contributed by atoms with Gasteiger partial charge >= 0.3 is 0 Å². The third-order valence-electron chi connectivity index (χ3n) is 3.44. The fourth-order valence-electron chi connectivity index (χ4n) is 2.50. The van der Waals surface area contributed by atoms with Crippen molar-refractivity contribution in [2.24, 2.45) is 0 Å². The molecule has 1 aromatic carbocycles. The highest BCUT2D eigenvalue weighted by molar-refractivity contribution is 9.10. The molecule has 2 aromatic rings. The second-order valence-corrected chi connectivity index (χ2v) is 6.15. The number of hydrogen-bond donors (Lipinski definition) is 1. The third kappa shape index (κ3) is 1.80. The molecule has 2 nitrogen and oxygen atoms in total. The van der Waals surface area contributed by atoms with Gasteiger partial charge in [-0.1, -0.05) is 23.2 Å². The van der Waals surface area contributed by atoms with Crippen molar-refractivity contribution in [1.82, 2.24) is 4.98 Å². The first-order valence-electron chi connectivity index (χ1n) is 5.84. The van der Waals surface area contributed by atoms with Crippen LogP contribution in [0.3, 0.4) is 0 Å². The minimum Gasteiger partial charge on any atom is -0.398 e. The van der Waals surface area contributed by atoms with Gasteiger partial charge in [-0.2, -0.15) is 0 Å². The van der Waals surface area contributed by atoms with Crippen molar-refractivity contribution in [1.29, 1.82) is 0 Å². The molecule has 5 heteroatoms. The van der Waals surface area contributed by atoms with Gasteiger partial charge in [-0.05, 0) is 53.2 Å². The lowest BCUT2D eigenvalue weighted by atomic mass is 9.93. The van der Waals surface area contributed by atoms with E-state index in [0.717, 1.165) is 40.5 Å². The second kappa shape index (κ2) is 4.55. The molecule has 1 heterocycles. The molecule has 0 amide bonds. The van der Waals surface area contributed by atoms with Crippen LogP contribution in [0.5, 0.6) is 0 Å². The maximum Gasteiger partial charge on any atom is 0.0928 e. The number of benzene rings is 1. The average Bonchev–Trinajstić information content (AvgIpc) is 2.38. The monoisotopic (exact) mass is 344 g/mol. The van der Waals surface area contributed by atoms with Gasteiger partial charge in [0.2, 0.25) is 0 Å². The molecule has 0 spiro atoms. The highest BCUT2D eigenvalue weighted by Crippen LogP contribution is 2.40. The van der Waals surface area contributed by atoms with Crippen LogP contribution in [0.15, 0.2) is 10.5 Å². The summed E-state index contributed by atoms with van der Waals surface area (Å²) < 4.78 is 0.755. The summed E-state index contributed by atoms with van der Waals surface area (Å²) >= 11 is 15.8. The van der Waals surface area contributed by atoms with Gasteiger partial charge in [0.15, 0.2) is 0 Å². The summed E-state index contributed by atoms with van der Waals surface area (Å²) in [6, 6.07) is 1.90. The van der Waals surface area contributed by atoms with Crippen LogP contribution in [0, 0.1) is 0 Å². The van der Waals surface area contributed by atoms with Crippen LogP contribution in [0.25, 0.3) is 10.9 Å². The van der Waals surface area contributed by atoms with E-state index < -0.39 is 0 Å². The van der Waals surface area contributed by atoms with E-state index in [9.17, 15) is 0 Å². The van der Waals surface area contributed by atoms with Gasteiger partial charge in [0.25, 0.3) is 0 Å². The number of halogens is 3. The fraction of sp³-hybridized carbons (Fsp3) is 0.308. The fourth-order valence-corrected chi connectivity index (χ4v) is 3.43. The van der Waals surface area contributed by atoms with E-state index in [-0.39, 0.29) is 0 Å². The quantitative estimate of drug-likeness (QED) is 0.699. The molecule has 0 fully saturated rings. The van der Waals surface area contributed by atoms with Gasteiger partial charge in [-0.3, -0.25) is 4.98 Å².